The summed E-state index contributed by atoms with van der Waals surface area (Å²) in [7, 11) is 0. The summed E-state index contributed by atoms with van der Waals surface area (Å²) in [5.74, 6) is -1.09. The van der Waals surface area contributed by atoms with Gasteiger partial charge in [0, 0.05) is 31.9 Å². The van der Waals surface area contributed by atoms with Crippen molar-refractivity contribution in [1.29, 1.82) is 0 Å². The molecule has 0 aliphatic carbocycles. The molecule has 0 radical (unpaired) electrons. The van der Waals surface area contributed by atoms with Gasteiger partial charge >= 0.3 is 5.97 Å². The molecule has 3 heterocycles. The van der Waals surface area contributed by atoms with E-state index < -0.39 is 11.8 Å². The maximum absolute atomic E-state index is 13.3. The van der Waals surface area contributed by atoms with Crippen LogP contribution in [0.1, 0.15) is 58.3 Å². The molecule has 0 saturated carbocycles. The number of fused-ring (bicyclic) bond motifs is 1. The largest absolute Gasteiger partial charge is 0.462 e. The number of nitrogens with zero attached hydrogens (tertiary/aromatic N) is 2. The van der Waals surface area contributed by atoms with Crippen molar-refractivity contribution in [2.45, 2.75) is 45.6 Å². The Morgan fingerprint density at radius 1 is 1.35 bits per heavy atom. The van der Waals surface area contributed by atoms with Gasteiger partial charge in [0.25, 0.3) is 5.91 Å². The van der Waals surface area contributed by atoms with E-state index in [-0.39, 0.29) is 23.5 Å². The van der Waals surface area contributed by atoms with Crippen molar-refractivity contribution in [3.8, 4) is 0 Å². The Hall–Kier alpha value is -2.74. The number of aromatic nitrogens is 2. The van der Waals surface area contributed by atoms with E-state index in [2.05, 4.69) is 5.32 Å². The van der Waals surface area contributed by atoms with Crippen molar-refractivity contribution in [1.82, 2.24) is 15.1 Å². The molecule has 1 amide bonds. The van der Waals surface area contributed by atoms with Crippen LogP contribution in [0.4, 0.5) is 4.39 Å². The number of carbonyl (C=O) groups is 2. The van der Waals surface area contributed by atoms with E-state index in [1.807, 2.05) is 6.92 Å². The van der Waals surface area contributed by atoms with Crippen LogP contribution in [0.5, 0.6) is 0 Å². The van der Waals surface area contributed by atoms with E-state index in [4.69, 9.17) is 14.6 Å². The number of rotatable bonds is 6. The highest BCUT2D eigenvalue weighted by Gasteiger charge is 2.39. The molecule has 2 aliphatic heterocycles. The van der Waals surface area contributed by atoms with Gasteiger partial charge in [-0.2, -0.15) is 5.10 Å². The molecule has 0 bridgehead atoms. The predicted octanol–water partition coefficient (Wildman–Crippen LogP) is 2.91. The summed E-state index contributed by atoms with van der Waals surface area (Å²) in [6.07, 6.45) is 3.80. The fourth-order valence-electron chi connectivity index (χ4n) is 4.47. The molecule has 0 atom stereocenters. The van der Waals surface area contributed by atoms with Crippen LogP contribution < -0.4 is 5.32 Å². The van der Waals surface area contributed by atoms with Crippen LogP contribution in [0.2, 0.25) is 0 Å². The summed E-state index contributed by atoms with van der Waals surface area (Å²) >= 11 is 0. The maximum Gasteiger partial charge on any atom is 0.338 e. The summed E-state index contributed by atoms with van der Waals surface area (Å²) in [5.41, 5.74) is 2.75. The van der Waals surface area contributed by atoms with E-state index >= 15 is 0 Å². The van der Waals surface area contributed by atoms with Gasteiger partial charge in [-0.1, -0.05) is 6.07 Å². The summed E-state index contributed by atoms with van der Waals surface area (Å²) in [6.45, 7) is 4.85. The molecule has 7 nitrogen and oxygen atoms in total. The number of esters is 1. The first-order chi connectivity index (χ1) is 15.0. The van der Waals surface area contributed by atoms with E-state index in [0.717, 1.165) is 36.6 Å². The molecule has 8 heteroatoms. The van der Waals surface area contributed by atoms with Gasteiger partial charge in [0.05, 0.1) is 17.9 Å². The van der Waals surface area contributed by atoms with Crippen molar-refractivity contribution in [3.05, 3.63) is 52.6 Å². The van der Waals surface area contributed by atoms with Crippen LogP contribution in [-0.2, 0) is 28.9 Å². The summed E-state index contributed by atoms with van der Waals surface area (Å²) < 4.78 is 25.9. The molecule has 1 fully saturated rings. The zero-order valence-electron chi connectivity index (χ0n) is 17.8. The predicted molar refractivity (Wildman–Crippen MR) is 111 cm³/mol. The van der Waals surface area contributed by atoms with Crippen LogP contribution >= 0.6 is 0 Å². The van der Waals surface area contributed by atoms with Crippen LogP contribution in [0.25, 0.3) is 0 Å². The van der Waals surface area contributed by atoms with Gasteiger partial charge in [-0.15, -0.1) is 0 Å². The molecule has 1 spiro atoms. The number of hydrogen-bond acceptors (Lipinski definition) is 5. The summed E-state index contributed by atoms with van der Waals surface area (Å²) in [5, 5.41) is 7.80. The van der Waals surface area contributed by atoms with Gasteiger partial charge in [0.2, 0.25) is 0 Å². The van der Waals surface area contributed by atoms with Crippen molar-refractivity contribution in [2.75, 3.05) is 26.4 Å². The van der Waals surface area contributed by atoms with Crippen molar-refractivity contribution < 1.29 is 23.5 Å². The summed E-state index contributed by atoms with van der Waals surface area (Å²) in [4.78, 5) is 24.9. The number of nitrogens with one attached hydrogen (secondary N) is 1. The van der Waals surface area contributed by atoms with Crippen molar-refractivity contribution >= 4 is 11.9 Å². The van der Waals surface area contributed by atoms with Gasteiger partial charge in [-0.25, -0.2) is 9.18 Å². The minimum Gasteiger partial charge on any atom is -0.462 e. The van der Waals surface area contributed by atoms with E-state index in [9.17, 15) is 14.0 Å². The van der Waals surface area contributed by atoms with Crippen LogP contribution in [0.15, 0.2) is 24.3 Å². The third-order valence-corrected chi connectivity index (χ3v) is 6.23. The Morgan fingerprint density at radius 3 is 2.90 bits per heavy atom. The lowest BCUT2D eigenvalue weighted by atomic mass is 9.75. The molecule has 1 saturated heterocycles. The molecule has 2 aliphatic rings. The monoisotopic (exact) mass is 429 g/mol. The van der Waals surface area contributed by atoms with Gasteiger partial charge in [0.15, 0.2) is 0 Å². The van der Waals surface area contributed by atoms with Crippen molar-refractivity contribution in [3.63, 3.8) is 0 Å². The first-order valence-electron chi connectivity index (χ1n) is 10.9. The Kier molecular flexibility index (Phi) is 6.36. The quantitative estimate of drug-likeness (QED) is 0.564. The number of benzene rings is 1. The molecule has 1 N–H and O–H groups in total. The van der Waals surface area contributed by atoms with Crippen LogP contribution in [-0.4, -0.2) is 48.0 Å². The normalized spacial score (nSPS) is 17.7. The second-order valence-electron chi connectivity index (χ2n) is 8.31. The fourth-order valence-corrected chi connectivity index (χ4v) is 4.47. The SMILES string of the molecule is CCn1nc(CCCOC(=O)c2cccc(F)c2)c2c1C(=O)NCC1(CCOCC1)C2. The highest BCUT2D eigenvalue weighted by Crippen LogP contribution is 2.37. The average molecular weight is 429 g/mol. The molecule has 0 unspecified atom stereocenters. The number of carbonyl (C=O) groups excluding carboxylic acids is 2. The molecule has 31 heavy (non-hydrogen) atoms. The number of aryl methyl sites for hydroxylation is 2. The number of halogens is 1. The molecule has 1 aromatic carbocycles. The van der Waals surface area contributed by atoms with Crippen molar-refractivity contribution in [2.24, 2.45) is 5.41 Å². The molecule has 1 aromatic heterocycles. The highest BCUT2D eigenvalue weighted by molar-refractivity contribution is 5.94. The fraction of sp³-hybridized carbons (Fsp3) is 0.522. The van der Waals surface area contributed by atoms with Gasteiger partial charge in [-0.05, 0) is 62.6 Å². The third kappa shape index (κ3) is 4.63. The van der Waals surface area contributed by atoms with E-state index in [1.54, 1.807) is 4.68 Å². The van der Waals surface area contributed by atoms with E-state index in [0.29, 0.717) is 44.8 Å². The zero-order chi connectivity index (χ0) is 21.8. The summed E-state index contributed by atoms with van der Waals surface area (Å²) in [6, 6.07) is 5.46. The lowest BCUT2D eigenvalue weighted by Crippen LogP contribution is -2.40. The third-order valence-electron chi connectivity index (χ3n) is 6.23. The molecular weight excluding hydrogens is 401 g/mol. The first-order valence-corrected chi connectivity index (χ1v) is 10.9. The Labute approximate surface area is 180 Å². The van der Waals surface area contributed by atoms with E-state index in [1.165, 1.54) is 18.2 Å². The number of amides is 1. The molecule has 166 valence electrons. The number of hydrogen-bond donors (Lipinski definition) is 1. The van der Waals surface area contributed by atoms with Gasteiger partial charge in [-0.3, -0.25) is 9.48 Å². The smallest absolute Gasteiger partial charge is 0.338 e. The van der Waals surface area contributed by atoms with Crippen LogP contribution in [0, 0.1) is 11.2 Å². The molecule has 4 rings (SSSR count). The Balaban J connectivity index is 1.45. The Bertz CT molecular complexity index is 966. The topological polar surface area (TPSA) is 82.5 Å². The first kappa shape index (κ1) is 21.5. The second kappa shape index (κ2) is 9.18. The minimum atomic E-state index is -0.544. The zero-order valence-corrected chi connectivity index (χ0v) is 17.8. The Morgan fingerprint density at radius 2 is 2.16 bits per heavy atom. The standard InChI is InChI=1S/C23H28FN3O4/c1-2-27-20-18(14-23(15-25-21(20)28)8-11-30-12-9-23)19(26-27)7-4-10-31-22(29)16-5-3-6-17(24)13-16/h3,5-6,13H,2,4,7-12,14-15H2,1H3,(H,25,28). The number of ether oxygens (including phenoxy) is 2. The minimum absolute atomic E-state index is 0.000632. The highest BCUT2D eigenvalue weighted by atomic mass is 19.1. The van der Waals surface area contributed by atoms with Gasteiger partial charge < -0.3 is 14.8 Å². The van der Waals surface area contributed by atoms with Crippen LogP contribution in [0.3, 0.4) is 0 Å². The molecule has 2 aromatic rings. The lowest BCUT2D eigenvalue weighted by molar-refractivity contribution is 0.0160. The lowest BCUT2D eigenvalue weighted by Gasteiger charge is -2.36. The molecular formula is C23H28FN3O4. The maximum atomic E-state index is 13.3. The van der Waals surface area contributed by atoms with Gasteiger partial charge in [0.1, 0.15) is 11.5 Å². The average Bonchev–Trinajstić information content (AvgIpc) is 3.05. The second-order valence-corrected chi connectivity index (χ2v) is 8.31.